The Morgan fingerprint density at radius 1 is 1.37 bits per heavy atom. The number of halogens is 1. The van der Waals surface area contributed by atoms with Crippen molar-refractivity contribution >= 4 is 0 Å². The van der Waals surface area contributed by atoms with Gasteiger partial charge in [0.2, 0.25) is 0 Å². The molecule has 0 aliphatic heterocycles. The van der Waals surface area contributed by atoms with Gasteiger partial charge in [-0.2, -0.15) is 0 Å². The lowest BCUT2D eigenvalue weighted by atomic mass is 10.3. The number of aliphatic hydroxyl groups is 1. The largest absolute Gasteiger partial charge is 0.491 e. The Morgan fingerprint density at radius 3 is 2.63 bits per heavy atom. The zero-order valence-electron chi connectivity index (χ0n) is 11.4. The maximum absolute atomic E-state index is 12.7. The lowest BCUT2D eigenvalue weighted by Crippen LogP contribution is -2.37. The van der Waals surface area contributed by atoms with Crippen molar-refractivity contribution in [1.82, 2.24) is 4.90 Å². The molecule has 0 radical (unpaired) electrons. The van der Waals surface area contributed by atoms with Crippen LogP contribution < -0.4 is 4.74 Å². The van der Waals surface area contributed by atoms with Gasteiger partial charge in [0.25, 0.3) is 0 Å². The first kappa shape index (κ1) is 14.3. The summed E-state index contributed by atoms with van der Waals surface area (Å²) >= 11 is 0. The van der Waals surface area contributed by atoms with Crippen molar-refractivity contribution in [3.8, 4) is 5.75 Å². The van der Waals surface area contributed by atoms with E-state index >= 15 is 0 Å². The first-order valence-electron chi connectivity index (χ1n) is 6.99. The van der Waals surface area contributed by atoms with E-state index in [-0.39, 0.29) is 12.4 Å². The highest BCUT2D eigenvalue weighted by molar-refractivity contribution is 5.22. The molecule has 106 valence electrons. The van der Waals surface area contributed by atoms with E-state index in [0.717, 1.165) is 13.0 Å². The second kappa shape index (κ2) is 6.87. The second-order valence-corrected chi connectivity index (χ2v) is 5.14. The number of hydrogen-bond donors (Lipinski definition) is 1. The highest BCUT2D eigenvalue weighted by atomic mass is 19.1. The molecule has 1 aliphatic rings. The van der Waals surface area contributed by atoms with Crippen LogP contribution in [-0.2, 0) is 0 Å². The van der Waals surface area contributed by atoms with Crippen LogP contribution in [0.1, 0.15) is 26.2 Å². The molecule has 3 nitrogen and oxygen atoms in total. The van der Waals surface area contributed by atoms with Crippen LogP contribution in [0.25, 0.3) is 0 Å². The van der Waals surface area contributed by atoms with Crippen molar-refractivity contribution in [2.24, 2.45) is 0 Å². The number of aliphatic hydroxyl groups excluding tert-OH is 1. The van der Waals surface area contributed by atoms with Crippen molar-refractivity contribution in [3.05, 3.63) is 30.1 Å². The summed E-state index contributed by atoms with van der Waals surface area (Å²) in [5.41, 5.74) is 0. The summed E-state index contributed by atoms with van der Waals surface area (Å²) in [6.45, 7) is 4.08. The maximum Gasteiger partial charge on any atom is 0.123 e. The summed E-state index contributed by atoms with van der Waals surface area (Å²) in [6, 6.07) is 6.52. The third kappa shape index (κ3) is 4.80. The van der Waals surface area contributed by atoms with Gasteiger partial charge in [-0.15, -0.1) is 0 Å². The van der Waals surface area contributed by atoms with E-state index in [0.29, 0.717) is 18.3 Å². The highest BCUT2D eigenvalue weighted by Gasteiger charge is 2.29. The van der Waals surface area contributed by atoms with Crippen molar-refractivity contribution < 1.29 is 14.2 Å². The van der Waals surface area contributed by atoms with Gasteiger partial charge in [0.05, 0.1) is 0 Å². The molecule has 1 atom stereocenters. The van der Waals surface area contributed by atoms with Crippen LogP contribution in [0.5, 0.6) is 5.75 Å². The molecule has 1 unspecified atom stereocenters. The third-order valence-corrected chi connectivity index (χ3v) is 3.28. The fraction of sp³-hybridized carbons (Fsp3) is 0.600. The predicted molar refractivity (Wildman–Crippen MR) is 72.8 cm³/mol. The molecule has 1 aromatic carbocycles. The van der Waals surface area contributed by atoms with Gasteiger partial charge in [0.15, 0.2) is 0 Å². The molecule has 0 saturated heterocycles. The number of nitrogens with zero attached hydrogens (tertiary/aromatic N) is 1. The number of ether oxygens (including phenoxy) is 1. The van der Waals surface area contributed by atoms with Crippen LogP contribution in [0.2, 0.25) is 0 Å². The van der Waals surface area contributed by atoms with Crippen molar-refractivity contribution in [2.75, 3.05) is 19.7 Å². The molecule has 1 fully saturated rings. The summed E-state index contributed by atoms with van der Waals surface area (Å²) in [7, 11) is 0. The minimum atomic E-state index is -0.503. The van der Waals surface area contributed by atoms with Gasteiger partial charge in [-0.25, -0.2) is 4.39 Å². The Balaban J connectivity index is 1.73. The topological polar surface area (TPSA) is 32.7 Å². The average Bonchev–Trinajstić information content (AvgIpc) is 3.22. The van der Waals surface area contributed by atoms with Crippen LogP contribution in [0.3, 0.4) is 0 Å². The van der Waals surface area contributed by atoms with Crippen LogP contribution >= 0.6 is 0 Å². The molecule has 0 spiro atoms. The van der Waals surface area contributed by atoms with E-state index in [1.165, 1.54) is 25.0 Å². The molecule has 4 heteroatoms. The van der Waals surface area contributed by atoms with E-state index in [4.69, 9.17) is 4.74 Å². The molecule has 0 aromatic heterocycles. The Hall–Kier alpha value is -1.13. The average molecular weight is 267 g/mol. The van der Waals surface area contributed by atoms with Crippen LogP contribution in [0.15, 0.2) is 24.3 Å². The summed E-state index contributed by atoms with van der Waals surface area (Å²) in [5.74, 6) is 0.310. The quantitative estimate of drug-likeness (QED) is 0.785. The fourth-order valence-electron chi connectivity index (χ4n) is 2.20. The minimum Gasteiger partial charge on any atom is -0.491 e. The molecule has 1 aliphatic carbocycles. The Morgan fingerprint density at radius 2 is 2.05 bits per heavy atom. The molecule has 2 rings (SSSR count). The van der Waals surface area contributed by atoms with Crippen molar-refractivity contribution in [2.45, 2.75) is 38.3 Å². The van der Waals surface area contributed by atoms with Gasteiger partial charge in [-0.3, -0.25) is 4.90 Å². The molecule has 0 heterocycles. The molecule has 1 N–H and O–H groups in total. The van der Waals surface area contributed by atoms with E-state index < -0.39 is 6.10 Å². The monoisotopic (exact) mass is 267 g/mol. The standard InChI is InChI=1S/C15H22FNO2/c1-2-9-17(13-5-6-13)10-14(18)11-19-15-7-3-12(16)4-8-15/h3-4,7-8,13-14,18H,2,5-6,9-11H2,1H3. The summed E-state index contributed by atoms with van der Waals surface area (Å²) in [6.07, 6.45) is 3.08. The van der Waals surface area contributed by atoms with Gasteiger partial charge in [0.1, 0.15) is 24.3 Å². The predicted octanol–water partition coefficient (Wildman–Crippen LogP) is 2.44. The van der Waals surface area contributed by atoms with E-state index in [9.17, 15) is 9.50 Å². The summed E-state index contributed by atoms with van der Waals surface area (Å²) in [4.78, 5) is 2.33. The van der Waals surface area contributed by atoms with Crippen LogP contribution in [-0.4, -0.2) is 41.8 Å². The maximum atomic E-state index is 12.7. The van der Waals surface area contributed by atoms with Gasteiger partial charge in [-0.05, 0) is 50.1 Å². The molecule has 1 saturated carbocycles. The molecule has 19 heavy (non-hydrogen) atoms. The summed E-state index contributed by atoms with van der Waals surface area (Å²) in [5, 5.41) is 10.00. The number of rotatable bonds is 8. The number of benzene rings is 1. The molecule has 1 aromatic rings. The molecular formula is C15H22FNO2. The Bertz CT molecular complexity index is 378. The van der Waals surface area contributed by atoms with Crippen LogP contribution in [0, 0.1) is 5.82 Å². The zero-order chi connectivity index (χ0) is 13.7. The highest BCUT2D eigenvalue weighted by Crippen LogP contribution is 2.27. The lowest BCUT2D eigenvalue weighted by molar-refractivity contribution is 0.0654. The second-order valence-electron chi connectivity index (χ2n) is 5.14. The Labute approximate surface area is 114 Å². The minimum absolute atomic E-state index is 0.249. The molecule has 0 amide bonds. The smallest absolute Gasteiger partial charge is 0.123 e. The Kier molecular flexibility index (Phi) is 5.16. The SMILES string of the molecule is CCCN(CC(O)COc1ccc(F)cc1)C1CC1. The molecular weight excluding hydrogens is 245 g/mol. The first-order chi connectivity index (χ1) is 9.19. The van der Waals surface area contributed by atoms with Gasteiger partial charge in [0, 0.05) is 12.6 Å². The van der Waals surface area contributed by atoms with Crippen molar-refractivity contribution in [1.29, 1.82) is 0 Å². The summed E-state index contributed by atoms with van der Waals surface area (Å²) < 4.78 is 18.2. The third-order valence-electron chi connectivity index (χ3n) is 3.28. The van der Waals surface area contributed by atoms with Crippen LogP contribution in [0.4, 0.5) is 4.39 Å². The lowest BCUT2D eigenvalue weighted by Gasteiger charge is -2.24. The van der Waals surface area contributed by atoms with Crippen molar-refractivity contribution in [3.63, 3.8) is 0 Å². The van der Waals surface area contributed by atoms with E-state index in [1.807, 2.05) is 0 Å². The van der Waals surface area contributed by atoms with E-state index in [2.05, 4.69) is 11.8 Å². The van der Waals surface area contributed by atoms with Gasteiger partial charge in [-0.1, -0.05) is 6.92 Å². The van der Waals surface area contributed by atoms with Gasteiger partial charge >= 0.3 is 0 Å². The fourth-order valence-corrected chi connectivity index (χ4v) is 2.20. The first-order valence-corrected chi connectivity index (χ1v) is 6.99. The molecule has 0 bridgehead atoms. The number of hydrogen-bond acceptors (Lipinski definition) is 3. The zero-order valence-corrected chi connectivity index (χ0v) is 11.4. The normalized spacial score (nSPS) is 16.6. The van der Waals surface area contributed by atoms with Gasteiger partial charge < -0.3 is 9.84 Å². The van der Waals surface area contributed by atoms with E-state index in [1.54, 1.807) is 12.1 Å².